The summed E-state index contributed by atoms with van der Waals surface area (Å²) in [6.45, 7) is 0. The van der Waals surface area contributed by atoms with Crippen molar-refractivity contribution in [2.75, 3.05) is 16.8 Å². The summed E-state index contributed by atoms with van der Waals surface area (Å²) in [7, 11) is -2.96. The van der Waals surface area contributed by atoms with Crippen LogP contribution in [0.25, 0.3) is 0 Å². The molecule has 0 radical (unpaired) electrons. The van der Waals surface area contributed by atoms with Crippen LogP contribution >= 0.6 is 11.8 Å². The number of nitriles is 1. The number of hydrogen-bond donors (Lipinski definition) is 1. The van der Waals surface area contributed by atoms with Gasteiger partial charge in [0.05, 0.1) is 28.7 Å². The number of thioether (sulfide) groups is 1. The molecule has 0 aromatic heterocycles. The van der Waals surface area contributed by atoms with Crippen molar-refractivity contribution in [2.24, 2.45) is 0 Å². The lowest BCUT2D eigenvalue weighted by molar-refractivity contribution is 0.102. The fourth-order valence-corrected chi connectivity index (χ4v) is 6.28. The summed E-state index contributed by atoms with van der Waals surface area (Å²) in [6.07, 6.45) is 0.604. The lowest BCUT2D eigenvalue weighted by atomic mass is 10.2. The largest absolute Gasteiger partial charge is 0.322 e. The van der Waals surface area contributed by atoms with Crippen LogP contribution in [0.3, 0.4) is 0 Å². The lowest BCUT2D eigenvalue weighted by Gasteiger charge is -2.12. The molecule has 25 heavy (non-hydrogen) atoms. The smallest absolute Gasteiger partial charge is 0.256 e. The molecule has 0 unspecified atom stereocenters. The van der Waals surface area contributed by atoms with E-state index in [9.17, 15) is 13.2 Å². The Bertz CT molecular complexity index is 949. The first kappa shape index (κ1) is 17.5. The normalized spacial score (nSPS) is 18.4. The summed E-state index contributed by atoms with van der Waals surface area (Å²) in [5.74, 6) is 0.0803. The molecule has 1 atom stereocenters. The van der Waals surface area contributed by atoms with Crippen LogP contribution in [-0.4, -0.2) is 31.1 Å². The van der Waals surface area contributed by atoms with Gasteiger partial charge in [0, 0.05) is 15.8 Å². The number of nitrogens with one attached hydrogen (secondary N) is 1. The number of hydrogen-bond acceptors (Lipinski definition) is 5. The summed E-state index contributed by atoms with van der Waals surface area (Å²) in [6, 6.07) is 15.9. The van der Waals surface area contributed by atoms with Crippen molar-refractivity contribution in [3.05, 3.63) is 59.7 Å². The molecule has 5 nitrogen and oxygen atoms in total. The number of nitrogens with zero attached hydrogens (tertiary/aromatic N) is 1. The molecule has 1 N–H and O–H groups in total. The van der Waals surface area contributed by atoms with Gasteiger partial charge in [0.2, 0.25) is 0 Å². The minimum absolute atomic E-state index is 0.0270. The van der Waals surface area contributed by atoms with E-state index in [1.165, 1.54) is 11.8 Å². The predicted octanol–water partition coefficient (Wildman–Crippen LogP) is 3.09. The van der Waals surface area contributed by atoms with Crippen molar-refractivity contribution >= 4 is 33.2 Å². The highest BCUT2D eigenvalue weighted by atomic mass is 32.2. The zero-order chi connectivity index (χ0) is 17.9. The van der Waals surface area contributed by atoms with Crippen LogP contribution in [0.2, 0.25) is 0 Å². The van der Waals surface area contributed by atoms with Crippen LogP contribution in [0.5, 0.6) is 0 Å². The number of anilines is 1. The quantitative estimate of drug-likeness (QED) is 0.891. The molecule has 1 fully saturated rings. The average Bonchev–Trinajstić information content (AvgIpc) is 2.94. The third-order valence-electron chi connectivity index (χ3n) is 3.87. The maximum Gasteiger partial charge on any atom is 0.256 e. The van der Waals surface area contributed by atoms with Crippen molar-refractivity contribution in [1.29, 1.82) is 5.26 Å². The van der Waals surface area contributed by atoms with E-state index in [2.05, 4.69) is 5.32 Å². The lowest BCUT2D eigenvalue weighted by Crippen LogP contribution is -2.14. The van der Waals surface area contributed by atoms with Gasteiger partial charge in [0.25, 0.3) is 5.91 Å². The van der Waals surface area contributed by atoms with Gasteiger partial charge in [0.1, 0.15) is 0 Å². The molecule has 2 aromatic rings. The number of benzene rings is 2. The molecule has 0 bridgehead atoms. The van der Waals surface area contributed by atoms with E-state index in [0.717, 1.165) is 4.90 Å². The van der Waals surface area contributed by atoms with Crippen molar-refractivity contribution in [2.45, 2.75) is 16.6 Å². The van der Waals surface area contributed by atoms with Gasteiger partial charge in [-0.1, -0.05) is 18.2 Å². The molecular weight excluding hydrogens is 356 g/mol. The molecule has 1 aliphatic heterocycles. The Balaban J connectivity index is 1.78. The van der Waals surface area contributed by atoms with E-state index < -0.39 is 9.84 Å². The summed E-state index contributed by atoms with van der Waals surface area (Å²) in [5, 5.41) is 11.7. The van der Waals surface area contributed by atoms with Crippen LogP contribution in [0.4, 0.5) is 5.69 Å². The van der Waals surface area contributed by atoms with E-state index in [0.29, 0.717) is 23.2 Å². The molecule has 0 spiro atoms. The monoisotopic (exact) mass is 372 g/mol. The van der Waals surface area contributed by atoms with Crippen LogP contribution in [0, 0.1) is 11.3 Å². The highest BCUT2D eigenvalue weighted by Crippen LogP contribution is 2.33. The maximum absolute atomic E-state index is 12.6. The first-order valence-corrected chi connectivity index (χ1v) is 10.4. The standard InChI is InChI=1S/C18H16N2O3S2/c19-11-13-4-3-5-14(10-13)20-18(21)16-6-1-2-7-17(16)24-15-8-9-25(22,23)12-15/h1-7,10,15H,8-9,12H2,(H,20,21)/t15-/m1/s1. The average molecular weight is 372 g/mol. The Morgan fingerprint density at radius 3 is 2.72 bits per heavy atom. The molecule has 0 aliphatic carbocycles. The number of amides is 1. The summed E-state index contributed by atoms with van der Waals surface area (Å²) in [5.41, 5.74) is 1.52. The van der Waals surface area contributed by atoms with Crippen molar-refractivity contribution in [3.63, 3.8) is 0 Å². The maximum atomic E-state index is 12.6. The molecule has 128 valence electrons. The topological polar surface area (TPSA) is 87.0 Å². The van der Waals surface area contributed by atoms with Gasteiger partial charge in [-0.25, -0.2) is 8.42 Å². The van der Waals surface area contributed by atoms with E-state index in [-0.39, 0.29) is 22.7 Å². The van der Waals surface area contributed by atoms with E-state index in [1.807, 2.05) is 18.2 Å². The van der Waals surface area contributed by atoms with Crippen LogP contribution in [0.1, 0.15) is 22.3 Å². The van der Waals surface area contributed by atoms with Crippen LogP contribution in [0.15, 0.2) is 53.4 Å². The second-order valence-corrected chi connectivity index (χ2v) is 9.36. The summed E-state index contributed by atoms with van der Waals surface area (Å²) in [4.78, 5) is 13.4. The van der Waals surface area contributed by atoms with E-state index in [4.69, 9.17) is 5.26 Å². The first-order valence-electron chi connectivity index (χ1n) is 7.74. The van der Waals surface area contributed by atoms with Crippen molar-refractivity contribution < 1.29 is 13.2 Å². The van der Waals surface area contributed by atoms with Gasteiger partial charge < -0.3 is 5.32 Å². The number of carbonyl (C=O) groups is 1. The summed E-state index contributed by atoms with van der Waals surface area (Å²) < 4.78 is 23.3. The Kier molecular flexibility index (Phi) is 5.11. The number of carbonyl (C=O) groups excluding carboxylic acids is 1. The first-order chi connectivity index (χ1) is 12.0. The molecule has 7 heteroatoms. The molecule has 2 aromatic carbocycles. The van der Waals surface area contributed by atoms with Gasteiger partial charge in [-0.05, 0) is 36.8 Å². The molecule has 1 saturated heterocycles. The Morgan fingerprint density at radius 1 is 1.20 bits per heavy atom. The second kappa shape index (κ2) is 7.30. The minimum atomic E-state index is -2.96. The molecule has 3 rings (SSSR count). The highest BCUT2D eigenvalue weighted by molar-refractivity contribution is 8.02. The number of rotatable bonds is 4. The number of sulfone groups is 1. The molecule has 1 amide bonds. The zero-order valence-corrected chi connectivity index (χ0v) is 14.9. The molecule has 0 saturated carbocycles. The molecule has 1 heterocycles. The fraction of sp³-hybridized carbons (Fsp3) is 0.222. The van der Waals surface area contributed by atoms with Crippen molar-refractivity contribution in [3.8, 4) is 6.07 Å². The zero-order valence-electron chi connectivity index (χ0n) is 13.3. The van der Waals surface area contributed by atoms with Gasteiger partial charge in [-0.3, -0.25) is 4.79 Å². The molecular formula is C18H16N2O3S2. The van der Waals surface area contributed by atoms with Crippen LogP contribution < -0.4 is 5.32 Å². The third-order valence-corrected chi connectivity index (χ3v) is 7.19. The molecule has 1 aliphatic rings. The Labute approximate surface area is 151 Å². The summed E-state index contributed by atoms with van der Waals surface area (Å²) >= 11 is 1.43. The van der Waals surface area contributed by atoms with Gasteiger partial charge in [0.15, 0.2) is 9.84 Å². The highest BCUT2D eigenvalue weighted by Gasteiger charge is 2.29. The van der Waals surface area contributed by atoms with E-state index in [1.54, 1.807) is 36.4 Å². The van der Waals surface area contributed by atoms with Crippen LogP contribution in [-0.2, 0) is 9.84 Å². The second-order valence-electron chi connectivity index (χ2n) is 5.79. The SMILES string of the molecule is N#Cc1cccc(NC(=O)c2ccccc2S[C@@H]2CCS(=O)(=O)C2)c1. The van der Waals surface area contributed by atoms with Gasteiger partial charge in [-0.15, -0.1) is 11.8 Å². The Hall–Kier alpha value is -2.30. The Morgan fingerprint density at radius 2 is 2.00 bits per heavy atom. The van der Waals surface area contributed by atoms with E-state index >= 15 is 0 Å². The fourth-order valence-electron chi connectivity index (χ4n) is 2.66. The van der Waals surface area contributed by atoms with Gasteiger partial charge >= 0.3 is 0 Å². The van der Waals surface area contributed by atoms with Crippen molar-refractivity contribution in [1.82, 2.24) is 0 Å². The van der Waals surface area contributed by atoms with Gasteiger partial charge in [-0.2, -0.15) is 5.26 Å². The minimum Gasteiger partial charge on any atom is -0.322 e. The predicted molar refractivity (Wildman–Crippen MR) is 98.5 cm³/mol. The third kappa shape index (κ3) is 4.41.